The summed E-state index contributed by atoms with van der Waals surface area (Å²) in [5.74, 6) is 0.401. The summed E-state index contributed by atoms with van der Waals surface area (Å²) >= 11 is 0. The Morgan fingerprint density at radius 3 is 2.73 bits per heavy atom. The molecule has 0 amide bonds. The zero-order chi connectivity index (χ0) is 10.7. The number of ketones is 1. The Morgan fingerprint density at radius 1 is 1.27 bits per heavy atom. The third kappa shape index (κ3) is 2.18. The number of Topliss-reactive ketones (excluding diaryl/α,β-unsaturated/α-hetero) is 1. The molecule has 1 aromatic carbocycles. The van der Waals surface area contributed by atoms with Crippen molar-refractivity contribution >= 4 is 11.5 Å². The second-order valence-corrected chi connectivity index (χ2v) is 3.61. The Balaban J connectivity index is 2.10. The molecule has 0 bridgehead atoms. The van der Waals surface area contributed by atoms with Crippen molar-refractivity contribution in [1.29, 1.82) is 0 Å². The maximum absolute atomic E-state index is 11.3. The minimum atomic E-state index is 0.194. The molecule has 2 N–H and O–H groups in total. The number of anilines is 1. The van der Waals surface area contributed by atoms with Gasteiger partial charge in [-0.15, -0.1) is 0 Å². The van der Waals surface area contributed by atoms with Crippen molar-refractivity contribution in [2.75, 3.05) is 5.32 Å². The molecule has 3 nitrogen and oxygen atoms in total. The van der Waals surface area contributed by atoms with Gasteiger partial charge in [0.1, 0.15) is 5.75 Å². The number of phenols is 1. The molecule has 0 aromatic heterocycles. The van der Waals surface area contributed by atoms with Crippen LogP contribution >= 0.6 is 0 Å². The highest BCUT2D eigenvalue weighted by Gasteiger charge is 2.16. The molecule has 78 valence electrons. The zero-order valence-electron chi connectivity index (χ0n) is 8.36. The van der Waals surface area contributed by atoms with Crippen molar-refractivity contribution in [3.05, 3.63) is 36.0 Å². The van der Waals surface area contributed by atoms with E-state index in [1.54, 1.807) is 24.4 Å². The molecule has 0 unspecified atom stereocenters. The first-order valence-corrected chi connectivity index (χ1v) is 5.04. The van der Waals surface area contributed by atoms with Gasteiger partial charge in [0.2, 0.25) is 0 Å². The third-order valence-electron chi connectivity index (χ3n) is 2.51. The SMILES string of the molecule is O=C1CCC/C1=C/Nc1ccccc1O. The molecule has 1 aromatic rings. The van der Waals surface area contributed by atoms with E-state index in [0.29, 0.717) is 12.1 Å². The van der Waals surface area contributed by atoms with Gasteiger partial charge in [-0.3, -0.25) is 4.79 Å². The van der Waals surface area contributed by atoms with E-state index in [4.69, 9.17) is 0 Å². The Kier molecular flexibility index (Phi) is 2.72. The predicted molar refractivity (Wildman–Crippen MR) is 58.7 cm³/mol. The van der Waals surface area contributed by atoms with Crippen molar-refractivity contribution in [3.8, 4) is 5.75 Å². The van der Waals surface area contributed by atoms with Crippen LogP contribution in [-0.4, -0.2) is 10.9 Å². The van der Waals surface area contributed by atoms with Gasteiger partial charge in [0.15, 0.2) is 5.78 Å². The first-order chi connectivity index (χ1) is 7.27. The maximum Gasteiger partial charge on any atom is 0.160 e. The van der Waals surface area contributed by atoms with Crippen LogP contribution in [-0.2, 0) is 4.79 Å². The number of benzene rings is 1. The number of allylic oxidation sites excluding steroid dienone is 1. The predicted octanol–water partition coefficient (Wildman–Crippen LogP) is 2.44. The molecule has 0 aliphatic heterocycles. The first-order valence-electron chi connectivity index (χ1n) is 5.04. The average molecular weight is 203 g/mol. The van der Waals surface area contributed by atoms with Crippen LogP contribution in [0.1, 0.15) is 19.3 Å². The van der Waals surface area contributed by atoms with E-state index in [-0.39, 0.29) is 11.5 Å². The summed E-state index contributed by atoms with van der Waals surface area (Å²) in [6, 6.07) is 6.97. The topological polar surface area (TPSA) is 49.3 Å². The summed E-state index contributed by atoms with van der Waals surface area (Å²) in [7, 11) is 0. The lowest BCUT2D eigenvalue weighted by Gasteiger charge is -2.03. The summed E-state index contributed by atoms with van der Waals surface area (Å²) in [5, 5.41) is 12.4. The van der Waals surface area contributed by atoms with Gasteiger partial charge in [-0.1, -0.05) is 12.1 Å². The molecule has 1 saturated carbocycles. The smallest absolute Gasteiger partial charge is 0.160 e. The van der Waals surface area contributed by atoms with E-state index in [0.717, 1.165) is 18.4 Å². The van der Waals surface area contributed by atoms with Gasteiger partial charge in [0.05, 0.1) is 5.69 Å². The fraction of sp³-hybridized carbons (Fsp3) is 0.250. The molecule has 0 heterocycles. The number of carbonyl (C=O) groups excluding carboxylic acids is 1. The van der Waals surface area contributed by atoms with Gasteiger partial charge in [-0.2, -0.15) is 0 Å². The number of hydrogen-bond acceptors (Lipinski definition) is 3. The van der Waals surface area contributed by atoms with Crippen LogP contribution in [0.15, 0.2) is 36.0 Å². The maximum atomic E-state index is 11.3. The van der Waals surface area contributed by atoms with Crippen LogP contribution < -0.4 is 5.32 Å². The van der Waals surface area contributed by atoms with Crippen molar-refractivity contribution in [2.24, 2.45) is 0 Å². The lowest BCUT2D eigenvalue weighted by Crippen LogP contribution is -1.96. The number of nitrogens with one attached hydrogen (secondary N) is 1. The lowest BCUT2D eigenvalue weighted by molar-refractivity contribution is -0.114. The van der Waals surface area contributed by atoms with Gasteiger partial charge in [0, 0.05) is 18.2 Å². The fourth-order valence-electron chi connectivity index (χ4n) is 1.65. The standard InChI is InChI=1S/C12H13NO2/c14-11-7-3-4-9(11)8-13-10-5-1-2-6-12(10)15/h1-2,5-6,8,13,15H,3-4,7H2/b9-8-. The van der Waals surface area contributed by atoms with Crippen LogP contribution in [0.5, 0.6) is 5.75 Å². The van der Waals surface area contributed by atoms with Crippen molar-refractivity contribution in [3.63, 3.8) is 0 Å². The van der Waals surface area contributed by atoms with Crippen LogP contribution in [0, 0.1) is 0 Å². The summed E-state index contributed by atoms with van der Waals surface area (Å²) in [6.45, 7) is 0. The number of rotatable bonds is 2. The molecule has 0 spiro atoms. The molecular weight excluding hydrogens is 190 g/mol. The van der Waals surface area contributed by atoms with E-state index in [1.165, 1.54) is 0 Å². The summed E-state index contributed by atoms with van der Waals surface area (Å²) in [4.78, 5) is 11.3. The minimum Gasteiger partial charge on any atom is -0.506 e. The second kappa shape index (κ2) is 4.17. The van der Waals surface area contributed by atoms with Gasteiger partial charge < -0.3 is 10.4 Å². The summed E-state index contributed by atoms with van der Waals surface area (Å²) < 4.78 is 0. The summed E-state index contributed by atoms with van der Waals surface area (Å²) in [6.07, 6.45) is 4.12. The molecule has 3 heteroatoms. The van der Waals surface area contributed by atoms with Gasteiger partial charge in [0.25, 0.3) is 0 Å². The van der Waals surface area contributed by atoms with Crippen LogP contribution in [0.25, 0.3) is 0 Å². The highest BCUT2D eigenvalue weighted by atomic mass is 16.3. The molecule has 2 rings (SSSR count). The number of carbonyl (C=O) groups is 1. The zero-order valence-corrected chi connectivity index (χ0v) is 8.36. The molecular formula is C12H13NO2. The Labute approximate surface area is 88.4 Å². The van der Waals surface area contributed by atoms with E-state index in [1.807, 2.05) is 6.07 Å². The van der Waals surface area contributed by atoms with Crippen LogP contribution in [0.3, 0.4) is 0 Å². The van der Waals surface area contributed by atoms with Gasteiger partial charge >= 0.3 is 0 Å². The Morgan fingerprint density at radius 2 is 2.07 bits per heavy atom. The molecule has 1 fully saturated rings. The van der Waals surface area contributed by atoms with Crippen molar-refractivity contribution in [1.82, 2.24) is 0 Å². The highest BCUT2D eigenvalue weighted by molar-refractivity contribution is 5.97. The second-order valence-electron chi connectivity index (χ2n) is 3.61. The van der Waals surface area contributed by atoms with Gasteiger partial charge in [-0.25, -0.2) is 0 Å². The first kappa shape index (κ1) is 9.77. The third-order valence-corrected chi connectivity index (χ3v) is 2.51. The highest BCUT2D eigenvalue weighted by Crippen LogP contribution is 2.24. The van der Waals surface area contributed by atoms with E-state index >= 15 is 0 Å². The average Bonchev–Trinajstić information content (AvgIpc) is 2.63. The van der Waals surface area contributed by atoms with Crippen LogP contribution in [0.4, 0.5) is 5.69 Å². The molecule has 1 aliphatic carbocycles. The molecule has 0 atom stereocenters. The van der Waals surface area contributed by atoms with E-state index in [2.05, 4.69) is 5.32 Å². The van der Waals surface area contributed by atoms with Crippen molar-refractivity contribution in [2.45, 2.75) is 19.3 Å². The fourth-order valence-corrected chi connectivity index (χ4v) is 1.65. The number of phenolic OH excluding ortho intramolecular Hbond substituents is 1. The number of hydrogen-bond donors (Lipinski definition) is 2. The largest absolute Gasteiger partial charge is 0.506 e. The van der Waals surface area contributed by atoms with Gasteiger partial charge in [-0.05, 0) is 25.0 Å². The monoisotopic (exact) mass is 203 g/mol. The summed E-state index contributed by atoms with van der Waals surface area (Å²) in [5.41, 5.74) is 1.45. The molecule has 0 saturated heterocycles. The Bertz CT molecular complexity index is 410. The van der Waals surface area contributed by atoms with E-state index in [9.17, 15) is 9.90 Å². The number of aromatic hydroxyl groups is 1. The van der Waals surface area contributed by atoms with Crippen LogP contribution in [0.2, 0.25) is 0 Å². The lowest BCUT2D eigenvalue weighted by atomic mass is 10.2. The molecule has 15 heavy (non-hydrogen) atoms. The molecule has 0 radical (unpaired) electrons. The molecule has 1 aliphatic rings. The van der Waals surface area contributed by atoms with E-state index < -0.39 is 0 Å². The normalized spacial score (nSPS) is 18.4. The quantitative estimate of drug-likeness (QED) is 0.573. The minimum absolute atomic E-state index is 0.194. The Hall–Kier alpha value is -1.77. The number of para-hydroxylation sites is 2. The van der Waals surface area contributed by atoms with Crippen molar-refractivity contribution < 1.29 is 9.90 Å².